The van der Waals surface area contributed by atoms with Gasteiger partial charge in [0.05, 0.1) is 5.71 Å². The maximum absolute atomic E-state index is 12.3. The van der Waals surface area contributed by atoms with Gasteiger partial charge in [-0.15, -0.1) is 0 Å². The lowest BCUT2D eigenvalue weighted by atomic mass is 10.0. The summed E-state index contributed by atoms with van der Waals surface area (Å²) in [5, 5.41) is 6.54. The van der Waals surface area contributed by atoms with Gasteiger partial charge >= 0.3 is 0 Å². The molecular formula is C26H22N2O2. The first-order valence-corrected chi connectivity index (χ1v) is 9.80. The van der Waals surface area contributed by atoms with E-state index in [0.29, 0.717) is 5.75 Å². The molecule has 0 unspecified atom stereocenters. The van der Waals surface area contributed by atoms with Crippen molar-refractivity contribution in [3.8, 4) is 16.9 Å². The molecule has 0 atom stereocenters. The Morgan fingerprint density at radius 3 is 2.37 bits per heavy atom. The third-order valence-corrected chi connectivity index (χ3v) is 4.85. The molecule has 0 aliphatic carbocycles. The predicted molar refractivity (Wildman–Crippen MR) is 122 cm³/mol. The summed E-state index contributed by atoms with van der Waals surface area (Å²) in [6.07, 6.45) is 0. The topological polar surface area (TPSA) is 50.7 Å². The maximum Gasteiger partial charge on any atom is 0.277 e. The van der Waals surface area contributed by atoms with Crippen LogP contribution in [-0.2, 0) is 4.79 Å². The highest BCUT2D eigenvalue weighted by Gasteiger charge is 2.08. The van der Waals surface area contributed by atoms with Crippen LogP contribution < -0.4 is 10.2 Å². The van der Waals surface area contributed by atoms with Crippen LogP contribution in [0, 0.1) is 0 Å². The molecule has 0 aromatic heterocycles. The molecule has 0 radical (unpaired) electrons. The highest BCUT2D eigenvalue weighted by atomic mass is 16.5. The Morgan fingerprint density at radius 1 is 0.833 bits per heavy atom. The normalized spacial score (nSPS) is 11.3. The molecule has 0 fully saturated rings. The van der Waals surface area contributed by atoms with E-state index in [1.54, 1.807) is 0 Å². The van der Waals surface area contributed by atoms with Gasteiger partial charge in [0.15, 0.2) is 6.61 Å². The molecule has 0 spiro atoms. The maximum atomic E-state index is 12.3. The average molecular weight is 394 g/mol. The van der Waals surface area contributed by atoms with Gasteiger partial charge in [-0.25, -0.2) is 5.43 Å². The molecule has 30 heavy (non-hydrogen) atoms. The molecule has 0 saturated heterocycles. The summed E-state index contributed by atoms with van der Waals surface area (Å²) in [5.74, 6) is 0.354. The number of rotatable bonds is 6. The molecule has 0 saturated carbocycles. The molecule has 0 heterocycles. The van der Waals surface area contributed by atoms with Crippen LogP contribution in [-0.4, -0.2) is 18.2 Å². The third-order valence-electron chi connectivity index (χ3n) is 4.85. The summed E-state index contributed by atoms with van der Waals surface area (Å²) in [5.41, 5.74) is 6.27. The second kappa shape index (κ2) is 9.05. The van der Waals surface area contributed by atoms with Gasteiger partial charge in [-0.2, -0.15) is 5.10 Å². The van der Waals surface area contributed by atoms with Gasteiger partial charge in [0, 0.05) is 5.56 Å². The lowest BCUT2D eigenvalue weighted by Crippen LogP contribution is -2.25. The van der Waals surface area contributed by atoms with Gasteiger partial charge in [0.25, 0.3) is 5.91 Å². The predicted octanol–water partition coefficient (Wildman–Crippen LogP) is 5.43. The Labute approximate surface area is 175 Å². The first-order valence-electron chi connectivity index (χ1n) is 9.80. The first kappa shape index (κ1) is 19.4. The fourth-order valence-electron chi connectivity index (χ4n) is 3.25. The Hall–Kier alpha value is -3.92. The van der Waals surface area contributed by atoms with Crippen molar-refractivity contribution in [1.82, 2.24) is 5.43 Å². The Balaban J connectivity index is 1.40. The number of nitrogens with one attached hydrogen (secondary N) is 1. The van der Waals surface area contributed by atoms with Crippen molar-refractivity contribution < 1.29 is 9.53 Å². The summed E-state index contributed by atoms with van der Waals surface area (Å²) >= 11 is 0. The van der Waals surface area contributed by atoms with Gasteiger partial charge in [-0.1, -0.05) is 84.9 Å². The van der Waals surface area contributed by atoms with E-state index in [2.05, 4.69) is 34.8 Å². The summed E-state index contributed by atoms with van der Waals surface area (Å²) < 4.78 is 5.77. The number of hydrazone groups is 1. The SMILES string of the molecule is C/C(=N/NC(=O)COc1ccccc1-c1ccccc1)c1ccc2ccccc2c1. The van der Waals surface area contributed by atoms with Gasteiger partial charge in [0.2, 0.25) is 0 Å². The fourth-order valence-corrected chi connectivity index (χ4v) is 3.25. The second-order valence-electron chi connectivity index (χ2n) is 6.94. The van der Waals surface area contributed by atoms with E-state index < -0.39 is 0 Å². The number of ether oxygens (including phenoxy) is 1. The number of carbonyl (C=O) groups excluding carboxylic acids is 1. The van der Waals surface area contributed by atoms with Crippen molar-refractivity contribution in [2.75, 3.05) is 6.61 Å². The molecule has 0 aliphatic rings. The molecule has 4 rings (SSSR count). The zero-order valence-corrected chi connectivity index (χ0v) is 16.7. The molecule has 0 aliphatic heterocycles. The molecule has 4 aromatic carbocycles. The Kier molecular flexibility index (Phi) is 5.85. The molecule has 0 bridgehead atoms. The van der Waals surface area contributed by atoms with Crippen LogP contribution in [0.5, 0.6) is 5.75 Å². The van der Waals surface area contributed by atoms with Crippen molar-refractivity contribution in [3.05, 3.63) is 103 Å². The highest BCUT2D eigenvalue weighted by molar-refractivity contribution is 6.02. The van der Waals surface area contributed by atoms with Crippen molar-refractivity contribution in [2.24, 2.45) is 5.10 Å². The number of benzene rings is 4. The smallest absolute Gasteiger partial charge is 0.277 e. The third kappa shape index (κ3) is 4.55. The van der Waals surface area contributed by atoms with Crippen molar-refractivity contribution in [2.45, 2.75) is 6.92 Å². The van der Waals surface area contributed by atoms with Crippen molar-refractivity contribution in [3.63, 3.8) is 0 Å². The minimum absolute atomic E-state index is 0.113. The minimum atomic E-state index is -0.307. The van der Waals surface area contributed by atoms with E-state index in [0.717, 1.165) is 27.8 Å². The quantitative estimate of drug-likeness (QED) is 0.350. The number of para-hydroxylation sites is 1. The van der Waals surface area contributed by atoms with Crippen LogP contribution in [0.15, 0.2) is 102 Å². The van der Waals surface area contributed by atoms with E-state index >= 15 is 0 Å². The summed E-state index contributed by atoms with van der Waals surface area (Å²) in [6.45, 7) is 1.76. The van der Waals surface area contributed by atoms with Crippen molar-refractivity contribution in [1.29, 1.82) is 0 Å². The van der Waals surface area contributed by atoms with E-state index in [-0.39, 0.29) is 12.5 Å². The molecule has 4 nitrogen and oxygen atoms in total. The zero-order valence-electron chi connectivity index (χ0n) is 16.7. The summed E-state index contributed by atoms with van der Waals surface area (Å²) in [7, 11) is 0. The second-order valence-corrected chi connectivity index (χ2v) is 6.94. The van der Waals surface area contributed by atoms with Gasteiger partial charge in [-0.3, -0.25) is 4.79 Å². The average Bonchev–Trinajstić information content (AvgIpc) is 2.81. The molecule has 1 N–H and O–H groups in total. The van der Waals surface area contributed by atoms with Crippen LogP contribution in [0.25, 0.3) is 21.9 Å². The molecule has 4 aromatic rings. The van der Waals surface area contributed by atoms with Crippen LogP contribution in [0.3, 0.4) is 0 Å². The van der Waals surface area contributed by atoms with Crippen LogP contribution in [0.1, 0.15) is 12.5 Å². The number of amides is 1. The standard InChI is InChI=1S/C26H22N2O2/c1-19(22-16-15-20-9-5-6-12-23(20)17-22)27-28-26(29)18-30-25-14-8-7-13-24(25)21-10-3-2-4-11-21/h2-17H,18H2,1H3,(H,28,29)/b27-19-. The largest absolute Gasteiger partial charge is 0.483 e. The van der Waals surface area contributed by atoms with E-state index in [1.807, 2.05) is 79.7 Å². The highest BCUT2D eigenvalue weighted by Crippen LogP contribution is 2.29. The number of hydrogen-bond donors (Lipinski definition) is 1. The summed E-state index contributed by atoms with van der Waals surface area (Å²) in [6, 6.07) is 31.9. The number of carbonyl (C=O) groups is 1. The fraction of sp³-hybridized carbons (Fsp3) is 0.0769. The van der Waals surface area contributed by atoms with E-state index in [1.165, 1.54) is 5.39 Å². The van der Waals surface area contributed by atoms with Crippen LogP contribution in [0.2, 0.25) is 0 Å². The molecule has 1 amide bonds. The van der Waals surface area contributed by atoms with Gasteiger partial charge in [0.1, 0.15) is 5.75 Å². The van der Waals surface area contributed by atoms with Gasteiger partial charge < -0.3 is 4.74 Å². The lowest BCUT2D eigenvalue weighted by molar-refractivity contribution is -0.123. The van der Waals surface area contributed by atoms with E-state index in [9.17, 15) is 4.79 Å². The van der Waals surface area contributed by atoms with E-state index in [4.69, 9.17) is 4.74 Å². The summed E-state index contributed by atoms with van der Waals surface area (Å²) in [4.78, 5) is 12.3. The zero-order chi connectivity index (χ0) is 20.8. The minimum Gasteiger partial charge on any atom is -0.483 e. The lowest BCUT2D eigenvalue weighted by Gasteiger charge is -2.11. The Morgan fingerprint density at radius 2 is 1.53 bits per heavy atom. The number of hydrogen-bond acceptors (Lipinski definition) is 3. The monoisotopic (exact) mass is 394 g/mol. The van der Waals surface area contributed by atoms with Gasteiger partial charge in [-0.05, 0) is 41.0 Å². The first-order chi connectivity index (χ1) is 14.7. The van der Waals surface area contributed by atoms with Crippen LogP contribution >= 0.6 is 0 Å². The van der Waals surface area contributed by atoms with Crippen molar-refractivity contribution >= 4 is 22.4 Å². The molecule has 4 heteroatoms. The Bertz CT molecular complexity index is 1200. The van der Waals surface area contributed by atoms with Crippen LogP contribution in [0.4, 0.5) is 0 Å². The number of fused-ring (bicyclic) bond motifs is 1. The number of nitrogens with zero attached hydrogens (tertiary/aromatic N) is 1. The molecular weight excluding hydrogens is 372 g/mol. The molecule has 148 valence electrons.